The fourth-order valence-corrected chi connectivity index (χ4v) is 1.07. The van der Waals surface area contributed by atoms with E-state index in [0.29, 0.717) is 5.82 Å². The van der Waals surface area contributed by atoms with Gasteiger partial charge in [0.2, 0.25) is 0 Å². The Kier molecular flexibility index (Phi) is 2.10. The van der Waals surface area contributed by atoms with E-state index in [4.69, 9.17) is 11.5 Å². The van der Waals surface area contributed by atoms with Crippen molar-refractivity contribution in [3.63, 3.8) is 0 Å². The highest BCUT2D eigenvalue weighted by atomic mass is 14.8. The van der Waals surface area contributed by atoms with Crippen molar-refractivity contribution in [2.75, 3.05) is 5.73 Å². The molecular weight excluding hydrogens is 138 g/mol. The Bertz CT molecular complexity index is 256. The molecule has 0 spiro atoms. The Morgan fingerprint density at radius 1 is 1.55 bits per heavy atom. The fraction of sp³-hybridized carbons (Fsp3) is 0.375. The topological polar surface area (TPSA) is 64.9 Å². The largest absolute Gasteiger partial charge is 0.384 e. The molecule has 1 unspecified atom stereocenters. The first kappa shape index (κ1) is 8.01. The van der Waals surface area contributed by atoms with Gasteiger partial charge in [0.1, 0.15) is 5.82 Å². The second-order valence-electron chi connectivity index (χ2n) is 2.75. The van der Waals surface area contributed by atoms with Crippen molar-refractivity contribution in [2.24, 2.45) is 5.73 Å². The highest BCUT2D eigenvalue weighted by Gasteiger charge is 2.03. The molecule has 1 rings (SSSR count). The zero-order valence-electron chi connectivity index (χ0n) is 6.83. The molecule has 4 N–H and O–H groups in total. The van der Waals surface area contributed by atoms with Crippen molar-refractivity contribution < 1.29 is 0 Å². The third-order valence-corrected chi connectivity index (χ3v) is 1.66. The van der Waals surface area contributed by atoms with Crippen molar-refractivity contribution in [1.82, 2.24) is 4.98 Å². The second kappa shape index (κ2) is 2.88. The minimum absolute atomic E-state index is 0.0306. The van der Waals surface area contributed by atoms with Crippen molar-refractivity contribution in [1.29, 1.82) is 0 Å². The number of nitrogens with zero attached hydrogens (tertiary/aromatic N) is 1. The minimum atomic E-state index is 0.0306. The Hall–Kier alpha value is -1.09. The van der Waals surface area contributed by atoms with Gasteiger partial charge in [0.25, 0.3) is 0 Å². The van der Waals surface area contributed by atoms with Gasteiger partial charge in [0.15, 0.2) is 0 Å². The molecule has 0 saturated heterocycles. The maximum atomic E-state index is 5.68. The third kappa shape index (κ3) is 1.68. The molecule has 1 heterocycles. The molecule has 0 radical (unpaired) electrons. The van der Waals surface area contributed by atoms with Gasteiger partial charge in [-0.1, -0.05) is 0 Å². The molecule has 3 nitrogen and oxygen atoms in total. The van der Waals surface area contributed by atoms with Crippen LogP contribution in [0.3, 0.4) is 0 Å². The normalized spacial score (nSPS) is 13.0. The van der Waals surface area contributed by atoms with Gasteiger partial charge in [0, 0.05) is 12.2 Å². The van der Waals surface area contributed by atoms with Crippen LogP contribution in [0.5, 0.6) is 0 Å². The van der Waals surface area contributed by atoms with Crippen molar-refractivity contribution in [2.45, 2.75) is 19.9 Å². The lowest BCUT2D eigenvalue weighted by atomic mass is 10.1. The third-order valence-electron chi connectivity index (χ3n) is 1.66. The summed E-state index contributed by atoms with van der Waals surface area (Å²) in [5, 5.41) is 0. The highest BCUT2D eigenvalue weighted by molar-refractivity contribution is 5.37. The Labute approximate surface area is 66.4 Å². The van der Waals surface area contributed by atoms with E-state index in [1.807, 2.05) is 19.9 Å². The van der Waals surface area contributed by atoms with Gasteiger partial charge in [-0.15, -0.1) is 0 Å². The van der Waals surface area contributed by atoms with Crippen molar-refractivity contribution in [3.05, 3.63) is 23.4 Å². The molecule has 1 aromatic heterocycles. The maximum absolute atomic E-state index is 5.68. The molecule has 0 saturated carbocycles. The summed E-state index contributed by atoms with van der Waals surface area (Å²) in [4.78, 5) is 3.96. The van der Waals surface area contributed by atoms with Crippen molar-refractivity contribution >= 4 is 5.82 Å². The summed E-state index contributed by atoms with van der Waals surface area (Å²) < 4.78 is 0. The summed E-state index contributed by atoms with van der Waals surface area (Å²) in [5.74, 6) is 0.548. The summed E-state index contributed by atoms with van der Waals surface area (Å²) in [6, 6.07) is 1.86. The summed E-state index contributed by atoms with van der Waals surface area (Å²) in [5.41, 5.74) is 13.3. The first-order valence-corrected chi connectivity index (χ1v) is 3.59. The lowest BCUT2D eigenvalue weighted by Gasteiger charge is -2.08. The van der Waals surface area contributed by atoms with Gasteiger partial charge in [0.05, 0.1) is 0 Å². The number of aryl methyl sites for hydroxylation is 1. The molecular formula is C8H13N3. The molecule has 11 heavy (non-hydrogen) atoms. The van der Waals surface area contributed by atoms with Crippen LogP contribution in [0.15, 0.2) is 12.3 Å². The second-order valence-corrected chi connectivity index (χ2v) is 2.75. The van der Waals surface area contributed by atoms with Gasteiger partial charge in [-0.2, -0.15) is 0 Å². The van der Waals surface area contributed by atoms with E-state index in [1.54, 1.807) is 6.20 Å². The van der Waals surface area contributed by atoms with Crippen LogP contribution in [-0.4, -0.2) is 4.98 Å². The van der Waals surface area contributed by atoms with E-state index in [-0.39, 0.29) is 6.04 Å². The Morgan fingerprint density at radius 2 is 2.18 bits per heavy atom. The van der Waals surface area contributed by atoms with E-state index in [0.717, 1.165) is 11.1 Å². The first-order chi connectivity index (χ1) is 5.11. The number of rotatable bonds is 1. The van der Waals surface area contributed by atoms with Crippen LogP contribution >= 0.6 is 0 Å². The molecule has 0 aliphatic carbocycles. The average molecular weight is 151 g/mol. The quantitative estimate of drug-likeness (QED) is 0.629. The van der Waals surface area contributed by atoms with Crippen LogP contribution in [-0.2, 0) is 0 Å². The van der Waals surface area contributed by atoms with Crippen LogP contribution in [0, 0.1) is 6.92 Å². The molecule has 0 amide bonds. The summed E-state index contributed by atoms with van der Waals surface area (Å²) in [7, 11) is 0. The number of nitrogens with two attached hydrogens (primary N) is 2. The average Bonchev–Trinajstić information content (AvgIpc) is 1.85. The highest BCUT2D eigenvalue weighted by Crippen LogP contribution is 2.14. The summed E-state index contributed by atoms with van der Waals surface area (Å²) >= 11 is 0. The van der Waals surface area contributed by atoms with Gasteiger partial charge < -0.3 is 11.5 Å². The lowest BCUT2D eigenvalue weighted by molar-refractivity contribution is 0.803. The summed E-state index contributed by atoms with van der Waals surface area (Å²) in [6.07, 6.45) is 1.73. The standard InChI is InChI=1S/C8H13N3/c1-5-3-8(10)11-4-7(5)6(2)9/h3-4,6H,9H2,1-2H3,(H2,10,11). The van der Waals surface area contributed by atoms with Gasteiger partial charge in [-0.25, -0.2) is 4.98 Å². The zero-order chi connectivity index (χ0) is 8.43. The van der Waals surface area contributed by atoms with Gasteiger partial charge in [-0.05, 0) is 31.0 Å². The van der Waals surface area contributed by atoms with E-state index in [2.05, 4.69) is 4.98 Å². The van der Waals surface area contributed by atoms with Gasteiger partial charge in [-0.3, -0.25) is 0 Å². The van der Waals surface area contributed by atoms with Crippen LogP contribution in [0.25, 0.3) is 0 Å². The molecule has 0 aromatic carbocycles. The fourth-order valence-electron chi connectivity index (χ4n) is 1.07. The molecule has 0 aliphatic rings. The Balaban J connectivity index is 3.09. The maximum Gasteiger partial charge on any atom is 0.123 e. The molecule has 0 fully saturated rings. The first-order valence-electron chi connectivity index (χ1n) is 3.59. The monoisotopic (exact) mass is 151 g/mol. The smallest absolute Gasteiger partial charge is 0.123 e. The number of anilines is 1. The van der Waals surface area contributed by atoms with Gasteiger partial charge >= 0.3 is 0 Å². The van der Waals surface area contributed by atoms with Crippen LogP contribution in [0.4, 0.5) is 5.82 Å². The van der Waals surface area contributed by atoms with E-state index < -0.39 is 0 Å². The number of aromatic nitrogens is 1. The van der Waals surface area contributed by atoms with Crippen LogP contribution in [0.1, 0.15) is 24.1 Å². The summed E-state index contributed by atoms with van der Waals surface area (Å²) in [6.45, 7) is 3.91. The SMILES string of the molecule is Cc1cc(N)ncc1C(C)N. The number of pyridine rings is 1. The van der Waals surface area contributed by atoms with E-state index in [1.165, 1.54) is 0 Å². The molecule has 0 aliphatic heterocycles. The Morgan fingerprint density at radius 3 is 2.64 bits per heavy atom. The lowest BCUT2D eigenvalue weighted by Crippen LogP contribution is -2.08. The van der Waals surface area contributed by atoms with E-state index >= 15 is 0 Å². The predicted molar refractivity (Wildman–Crippen MR) is 46.0 cm³/mol. The molecule has 60 valence electrons. The minimum Gasteiger partial charge on any atom is -0.384 e. The number of nitrogen functional groups attached to an aromatic ring is 1. The van der Waals surface area contributed by atoms with Crippen LogP contribution < -0.4 is 11.5 Å². The number of hydrogen-bond donors (Lipinski definition) is 2. The zero-order valence-corrected chi connectivity index (χ0v) is 6.83. The number of hydrogen-bond acceptors (Lipinski definition) is 3. The van der Waals surface area contributed by atoms with Crippen LogP contribution in [0.2, 0.25) is 0 Å². The molecule has 0 bridgehead atoms. The molecule has 3 heteroatoms. The predicted octanol–water partition coefficient (Wildman–Crippen LogP) is 0.992. The molecule has 1 atom stereocenters. The van der Waals surface area contributed by atoms with Crippen molar-refractivity contribution in [3.8, 4) is 0 Å². The molecule has 1 aromatic rings. The van der Waals surface area contributed by atoms with E-state index in [9.17, 15) is 0 Å².